The maximum absolute atomic E-state index is 11.2. The number of amides is 1. The molecule has 0 atom stereocenters. The van der Waals surface area contributed by atoms with Gasteiger partial charge in [0, 0.05) is 18.6 Å². The van der Waals surface area contributed by atoms with Crippen molar-refractivity contribution in [3.8, 4) is 5.75 Å². The van der Waals surface area contributed by atoms with Crippen LogP contribution in [0.3, 0.4) is 0 Å². The number of nitro groups is 1. The summed E-state index contributed by atoms with van der Waals surface area (Å²) in [6, 6.07) is 2.96. The minimum atomic E-state index is -0.574. The van der Waals surface area contributed by atoms with E-state index in [1.165, 1.54) is 13.0 Å². The first kappa shape index (κ1) is 13.1. The molecule has 1 heterocycles. The van der Waals surface area contributed by atoms with E-state index in [2.05, 4.69) is 5.32 Å². The van der Waals surface area contributed by atoms with E-state index in [1.54, 1.807) is 6.07 Å². The predicted octanol–water partition coefficient (Wildman–Crippen LogP) is 2.74. The summed E-state index contributed by atoms with van der Waals surface area (Å²) in [4.78, 5) is 21.7. The van der Waals surface area contributed by atoms with Gasteiger partial charge >= 0.3 is 0 Å². The number of hydrogen-bond donors (Lipinski definition) is 1. The summed E-state index contributed by atoms with van der Waals surface area (Å²) >= 11 is 0. The number of carbonyl (C=O) groups is 1. The minimum Gasteiger partial charge on any atom is -0.481 e. The molecule has 1 amide bonds. The summed E-state index contributed by atoms with van der Waals surface area (Å²) in [5.41, 5.74) is 0.0521. The fourth-order valence-electron chi connectivity index (χ4n) is 1.87. The van der Waals surface area contributed by atoms with Crippen molar-refractivity contribution in [3.05, 3.63) is 33.9 Å². The molecule has 6 heteroatoms. The van der Waals surface area contributed by atoms with Gasteiger partial charge in [0.2, 0.25) is 5.91 Å². The number of ether oxygens (including phenoxy) is 1. The van der Waals surface area contributed by atoms with Gasteiger partial charge in [-0.25, -0.2) is 0 Å². The molecule has 0 saturated heterocycles. The van der Waals surface area contributed by atoms with Crippen LogP contribution in [-0.2, 0) is 4.79 Å². The fourth-order valence-corrected chi connectivity index (χ4v) is 1.87. The van der Waals surface area contributed by atoms with Crippen LogP contribution >= 0.6 is 0 Å². The van der Waals surface area contributed by atoms with Crippen molar-refractivity contribution in [2.75, 3.05) is 5.32 Å². The van der Waals surface area contributed by atoms with E-state index in [0.717, 1.165) is 0 Å². The maximum atomic E-state index is 11.2. The van der Waals surface area contributed by atoms with Crippen molar-refractivity contribution in [2.24, 2.45) is 0 Å². The van der Waals surface area contributed by atoms with Crippen LogP contribution in [0.4, 0.5) is 11.4 Å². The molecule has 0 aromatic heterocycles. The first-order chi connectivity index (χ1) is 8.80. The fraction of sp³-hybridized carbons (Fsp3) is 0.308. The van der Waals surface area contributed by atoms with E-state index in [0.29, 0.717) is 11.3 Å². The third-order valence-corrected chi connectivity index (χ3v) is 2.69. The highest BCUT2D eigenvalue weighted by Crippen LogP contribution is 2.42. The lowest BCUT2D eigenvalue weighted by atomic mass is 10.0. The minimum absolute atomic E-state index is 0.104. The molecular formula is C13H14N2O4. The van der Waals surface area contributed by atoms with Crippen LogP contribution < -0.4 is 10.1 Å². The Morgan fingerprint density at radius 2 is 2.11 bits per heavy atom. The zero-order chi connectivity index (χ0) is 14.2. The number of anilines is 1. The average Bonchev–Trinajstić information content (AvgIpc) is 2.28. The lowest BCUT2D eigenvalue weighted by Gasteiger charge is -2.29. The second-order valence-corrected chi connectivity index (χ2v) is 4.86. The average molecular weight is 262 g/mol. The second kappa shape index (κ2) is 4.38. The Balaban J connectivity index is 2.62. The van der Waals surface area contributed by atoms with Crippen LogP contribution in [0, 0.1) is 10.1 Å². The predicted molar refractivity (Wildman–Crippen MR) is 71.1 cm³/mol. The van der Waals surface area contributed by atoms with Gasteiger partial charge in [-0.2, -0.15) is 0 Å². The Bertz CT molecular complexity index is 591. The van der Waals surface area contributed by atoms with Crippen LogP contribution in [0.1, 0.15) is 26.3 Å². The van der Waals surface area contributed by atoms with E-state index in [-0.39, 0.29) is 17.3 Å². The maximum Gasteiger partial charge on any atom is 0.296 e. The van der Waals surface area contributed by atoms with E-state index >= 15 is 0 Å². The van der Waals surface area contributed by atoms with Crippen molar-refractivity contribution in [3.63, 3.8) is 0 Å². The summed E-state index contributed by atoms with van der Waals surface area (Å²) < 4.78 is 5.74. The Morgan fingerprint density at radius 1 is 1.42 bits per heavy atom. The first-order valence-corrected chi connectivity index (χ1v) is 5.77. The molecule has 1 N–H and O–H groups in total. The van der Waals surface area contributed by atoms with E-state index in [1.807, 2.05) is 26.0 Å². The van der Waals surface area contributed by atoms with Crippen LogP contribution in [-0.4, -0.2) is 16.4 Å². The van der Waals surface area contributed by atoms with Gasteiger partial charge in [-0.15, -0.1) is 0 Å². The summed E-state index contributed by atoms with van der Waals surface area (Å²) in [6.07, 6.45) is 3.69. The molecule has 0 fully saturated rings. The summed E-state index contributed by atoms with van der Waals surface area (Å²) in [7, 11) is 0. The lowest BCUT2D eigenvalue weighted by Crippen LogP contribution is -2.28. The highest BCUT2D eigenvalue weighted by molar-refractivity contribution is 5.95. The highest BCUT2D eigenvalue weighted by atomic mass is 16.6. The Kier molecular flexibility index (Phi) is 3.01. The summed E-state index contributed by atoms with van der Waals surface area (Å²) in [5.74, 6) is -0.0515. The van der Waals surface area contributed by atoms with Crippen LogP contribution in [0.2, 0.25) is 0 Å². The van der Waals surface area contributed by atoms with E-state index in [9.17, 15) is 14.9 Å². The van der Waals surface area contributed by atoms with Crippen molar-refractivity contribution in [1.82, 2.24) is 0 Å². The normalized spacial score (nSPS) is 15.3. The lowest BCUT2D eigenvalue weighted by molar-refractivity contribution is -0.384. The molecular weight excluding hydrogens is 248 g/mol. The molecule has 1 aliphatic heterocycles. The van der Waals surface area contributed by atoms with Crippen LogP contribution in [0.25, 0.3) is 6.08 Å². The van der Waals surface area contributed by atoms with Crippen LogP contribution in [0.5, 0.6) is 5.75 Å². The number of hydrogen-bond acceptors (Lipinski definition) is 4. The monoisotopic (exact) mass is 262 g/mol. The molecule has 0 radical (unpaired) electrons. The highest BCUT2D eigenvalue weighted by Gasteiger charge is 2.29. The van der Waals surface area contributed by atoms with Gasteiger partial charge in [0.05, 0.1) is 4.92 Å². The number of carbonyl (C=O) groups excluding carboxylic acids is 1. The standard InChI is InChI=1S/C13H14N2O4/c1-8(16)14-11-10(15(17)18)5-4-9-6-7-13(2,3)19-12(9)11/h4-7H,1-3H3,(H,14,16). The smallest absolute Gasteiger partial charge is 0.296 e. The number of nitrogens with one attached hydrogen (secondary N) is 1. The van der Waals surface area contributed by atoms with Crippen molar-refractivity contribution in [2.45, 2.75) is 26.4 Å². The van der Waals surface area contributed by atoms with Gasteiger partial charge in [-0.05, 0) is 26.0 Å². The summed E-state index contributed by atoms with van der Waals surface area (Å²) in [5, 5.41) is 13.5. The second-order valence-electron chi connectivity index (χ2n) is 4.86. The molecule has 2 rings (SSSR count). The Morgan fingerprint density at radius 3 is 2.68 bits per heavy atom. The molecule has 0 bridgehead atoms. The Hall–Kier alpha value is -2.37. The van der Waals surface area contributed by atoms with Crippen molar-refractivity contribution in [1.29, 1.82) is 0 Å². The van der Waals surface area contributed by atoms with E-state index in [4.69, 9.17) is 4.74 Å². The van der Waals surface area contributed by atoms with Gasteiger partial charge in [0.25, 0.3) is 5.69 Å². The number of nitrogens with zero attached hydrogens (tertiary/aromatic N) is 1. The van der Waals surface area contributed by atoms with Gasteiger partial charge in [0.15, 0.2) is 11.4 Å². The van der Waals surface area contributed by atoms with Gasteiger partial charge < -0.3 is 10.1 Å². The summed E-state index contributed by atoms with van der Waals surface area (Å²) in [6.45, 7) is 4.97. The molecule has 0 aliphatic carbocycles. The molecule has 0 spiro atoms. The van der Waals surface area contributed by atoms with Gasteiger partial charge in [-0.3, -0.25) is 14.9 Å². The number of nitro benzene ring substituents is 1. The largest absolute Gasteiger partial charge is 0.481 e. The number of benzene rings is 1. The topological polar surface area (TPSA) is 81.5 Å². The third kappa shape index (κ3) is 2.57. The quantitative estimate of drug-likeness (QED) is 0.656. The van der Waals surface area contributed by atoms with Crippen molar-refractivity contribution < 1.29 is 14.5 Å². The van der Waals surface area contributed by atoms with Crippen molar-refractivity contribution >= 4 is 23.4 Å². The number of rotatable bonds is 2. The SMILES string of the molecule is CC(=O)Nc1c([N+](=O)[O-])ccc2c1OC(C)(C)C=C2. The molecule has 100 valence electrons. The molecule has 1 aliphatic rings. The zero-order valence-electron chi connectivity index (χ0n) is 10.9. The van der Waals surface area contributed by atoms with E-state index < -0.39 is 10.5 Å². The molecule has 1 aromatic rings. The Labute approximate surface area is 110 Å². The first-order valence-electron chi connectivity index (χ1n) is 5.77. The third-order valence-electron chi connectivity index (χ3n) is 2.69. The molecule has 6 nitrogen and oxygen atoms in total. The zero-order valence-corrected chi connectivity index (χ0v) is 10.9. The van der Waals surface area contributed by atoms with Gasteiger partial charge in [-0.1, -0.05) is 6.08 Å². The molecule has 0 unspecified atom stereocenters. The molecule has 19 heavy (non-hydrogen) atoms. The van der Waals surface area contributed by atoms with Gasteiger partial charge in [0.1, 0.15) is 5.60 Å². The molecule has 1 aromatic carbocycles. The van der Waals surface area contributed by atoms with Crippen LogP contribution in [0.15, 0.2) is 18.2 Å². The number of fused-ring (bicyclic) bond motifs is 1. The molecule has 0 saturated carbocycles.